The molecule has 0 saturated carbocycles. The molecular formula is C24H23N3O4. The Morgan fingerprint density at radius 2 is 1.77 bits per heavy atom. The van der Waals surface area contributed by atoms with E-state index in [0.29, 0.717) is 33.5 Å². The SMILES string of the molecule is Cc1cc(C(=O)O[C@H](C)C(=O)N2c3ccccc3NC(=O)C2(C)C)c2ccccc2n1. The molecule has 1 aliphatic heterocycles. The van der Waals surface area contributed by atoms with E-state index < -0.39 is 23.5 Å². The summed E-state index contributed by atoms with van der Waals surface area (Å²) in [5.74, 6) is -1.40. The van der Waals surface area contributed by atoms with Gasteiger partial charge in [-0.2, -0.15) is 0 Å². The van der Waals surface area contributed by atoms with Gasteiger partial charge in [-0.1, -0.05) is 30.3 Å². The van der Waals surface area contributed by atoms with E-state index in [4.69, 9.17) is 4.74 Å². The van der Waals surface area contributed by atoms with Gasteiger partial charge >= 0.3 is 5.97 Å². The van der Waals surface area contributed by atoms with Crippen LogP contribution in [-0.4, -0.2) is 34.4 Å². The highest BCUT2D eigenvalue weighted by atomic mass is 16.5. The second-order valence-corrected chi connectivity index (χ2v) is 8.08. The van der Waals surface area contributed by atoms with Gasteiger partial charge in [0.2, 0.25) is 5.91 Å². The van der Waals surface area contributed by atoms with Crippen molar-refractivity contribution in [3.63, 3.8) is 0 Å². The number of anilines is 2. The minimum Gasteiger partial charge on any atom is -0.449 e. The van der Waals surface area contributed by atoms with Crippen molar-refractivity contribution in [3.05, 3.63) is 65.9 Å². The summed E-state index contributed by atoms with van der Waals surface area (Å²) in [5, 5.41) is 3.47. The first-order valence-corrected chi connectivity index (χ1v) is 10.0. The summed E-state index contributed by atoms with van der Waals surface area (Å²) in [6, 6.07) is 16.0. The number of fused-ring (bicyclic) bond motifs is 2. The van der Waals surface area contributed by atoms with E-state index in [-0.39, 0.29) is 5.91 Å². The number of rotatable bonds is 3. The highest BCUT2D eigenvalue weighted by Gasteiger charge is 2.45. The summed E-state index contributed by atoms with van der Waals surface area (Å²) in [4.78, 5) is 44.8. The van der Waals surface area contributed by atoms with Gasteiger partial charge in [0.15, 0.2) is 6.10 Å². The van der Waals surface area contributed by atoms with Crippen molar-refractivity contribution in [2.45, 2.75) is 39.3 Å². The molecule has 0 spiro atoms. The molecule has 0 fully saturated rings. The molecule has 0 aliphatic carbocycles. The molecule has 31 heavy (non-hydrogen) atoms. The van der Waals surface area contributed by atoms with Gasteiger partial charge in [0.05, 0.1) is 22.5 Å². The lowest BCUT2D eigenvalue weighted by Gasteiger charge is -2.42. The fourth-order valence-electron chi connectivity index (χ4n) is 3.78. The van der Waals surface area contributed by atoms with Crippen LogP contribution in [-0.2, 0) is 14.3 Å². The number of nitrogens with zero attached hydrogens (tertiary/aromatic N) is 2. The Hall–Kier alpha value is -3.74. The minimum atomic E-state index is -1.15. The summed E-state index contributed by atoms with van der Waals surface area (Å²) in [6.07, 6.45) is -1.10. The van der Waals surface area contributed by atoms with Crippen molar-refractivity contribution in [2.75, 3.05) is 10.2 Å². The highest BCUT2D eigenvalue weighted by Crippen LogP contribution is 2.37. The number of aryl methyl sites for hydroxylation is 1. The van der Waals surface area contributed by atoms with Gasteiger partial charge in [0, 0.05) is 11.1 Å². The summed E-state index contributed by atoms with van der Waals surface area (Å²) >= 11 is 0. The number of aromatic nitrogens is 1. The van der Waals surface area contributed by atoms with Crippen LogP contribution < -0.4 is 10.2 Å². The maximum Gasteiger partial charge on any atom is 0.339 e. The lowest BCUT2D eigenvalue weighted by Crippen LogP contribution is -2.60. The molecular weight excluding hydrogens is 394 g/mol. The number of ether oxygens (including phenoxy) is 1. The molecule has 7 heteroatoms. The van der Waals surface area contributed by atoms with Gasteiger partial charge in [-0.25, -0.2) is 4.79 Å². The molecule has 158 valence electrons. The van der Waals surface area contributed by atoms with E-state index in [1.807, 2.05) is 18.2 Å². The van der Waals surface area contributed by atoms with Crippen molar-refractivity contribution in [2.24, 2.45) is 0 Å². The minimum absolute atomic E-state index is 0.311. The molecule has 2 aromatic carbocycles. The maximum absolute atomic E-state index is 13.4. The van der Waals surface area contributed by atoms with E-state index >= 15 is 0 Å². The van der Waals surface area contributed by atoms with E-state index in [0.717, 1.165) is 0 Å². The first kappa shape index (κ1) is 20.5. The fourth-order valence-corrected chi connectivity index (χ4v) is 3.78. The molecule has 1 N–H and O–H groups in total. The predicted molar refractivity (Wildman–Crippen MR) is 118 cm³/mol. The van der Waals surface area contributed by atoms with Crippen molar-refractivity contribution in [1.82, 2.24) is 4.98 Å². The number of hydrogen-bond acceptors (Lipinski definition) is 5. The van der Waals surface area contributed by atoms with Crippen molar-refractivity contribution in [1.29, 1.82) is 0 Å². The fraction of sp³-hybridized carbons (Fsp3) is 0.250. The Balaban J connectivity index is 1.65. The van der Waals surface area contributed by atoms with Gasteiger partial charge < -0.3 is 10.1 Å². The molecule has 7 nitrogen and oxygen atoms in total. The second-order valence-electron chi connectivity index (χ2n) is 8.08. The summed E-state index contributed by atoms with van der Waals surface area (Å²) in [5.41, 5.74) is 1.65. The first-order valence-electron chi connectivity index (χ1n) is 10.0. The van der Waals surface area contributed by atoms with Crippen molar-refractivity contribution in [3.8, 4) is 0 Å². The normalized spacial score (nSPS) is 15.7. The Kier molecular flexibility index (Phi) is 4.97. The molecule has 1 aromatic heterocycles. The average molecular weight is 417 g/mol. The number of benzene rings is 2. The highest BCUT2D eigenvalue weighted by molar-refractivity contribution is 6.15. The molecule has 1 aliphatic rings. The third kappa shape index (κ3) is 3.52. The van der Waals surface area contributed by atoms with Crippen LogP contribution in [0.4, 0.5) is 11.4 Å². The zero-order valence-electron chi connectivity index (χ0n) is 17.8. The smallest absolute Gasteiger partial charge is 0.339 e. The van der Waals surface area contributed by atoms with E-state index in [1.165, 1.54) is 11.8 Å². The Morgan fingerprint density at radius 1 is 1.10 bits per heavy atom. The van der Waals surface area contributed by atoms with Gasteiger partial charge in [0.1, 0.15) is 5.54 Å². The van der Waals surface area contributed by atoms with E-state index in [1.54, 1.807) is 57.2 Å². The molecule has 4 rings (SSSR count). The number of nitrogens with one attached hydrogen (secondary N) is 1. The summed E-state index contributed by atoms with van der Waals surface area (Å²) in [7, 11) is 0. The lowest BCUT2D eigenvalue weighted by molar-refractivity contribution is -0.131. The quantitative estimate of drug-likeness (QED) is 0.654. The zero-order chi connectivity index (χ0) is 22.3. The number of carbonyl (C=O) groups is 3. The molecule has 0 radical (unpaired) electrons. The van der Waals surface area contributed by atoms with Gasteiger partial charge in [-0.3, -0.25) is 19.5 Å². The summed E-state index contributed by atoms with van der Waals surface area (Å²) < 4.78 is 5.57. The number of esters is 1. The predicted octanol–water partition coefficient (Wildman–Crippen LogP) is 3.85. The van der Waals surface area contributed by atoms with Crippen LogP contribution in [0.2, 0.25) is 0 Å². The topological polar surface area (TPSA) is 88.6 Å². The zero-order valence-corrected chi connectivity index (χ0v) is 17.8. The Morgan fingerprint density at radius 3 is 2.55 bits per heavy atom. The van der Waals surface area contributed by atoms with Crippen LogP contribution in [0.3, 0.4) is 0 Å². The van der Waals surface area contributed by atoms with E-state index in [9.17, 15) is 14.4 Å². The van der Waals surface area contributed by atoms with Gasteiger partial charge in [-0.05, 0) is 52.0 Å². The molecule has 2 heterocycles. The maximum atomic E-state index is 13.4. The van der Waals surface area contributed by atoms with E-state index in [2.05, 4.69) is 10.3 Å². The van der Waals surface area contributed by atoms with Crippen molar-refractivity contribution < 1.29 is 19.1 Å². The molecule has 1 atom stereocenters. The van der Waals surface area contributed by atoms with Gasteiger partial charge in [0.25, 0.3) is 5.91 Å². The van der Waals surface area contributed by atoms with Crippen LogP contribution in [0.1, 0.15) is 36.8 Å². The van der Waals surface area contributed by atoms with Crippen LogP contribution in [0.5, 0.6) is 0 Å². The Bertz CT molecular complexity index is 1220. The second kappa shape index (κ2) is 7.50. The third-order valence-electron chi connectivity index (χ3n) is 5.42. The molecule has 2 amide bonds. The Labute approximate surface area is 180 Å². The third-order valence-corrected chi connectivity index (χ3v) is 5.42. The standard InChI is InChI=1S/C24H23N3O4/c1-14-13-17(16-9-5-6-10-18(16)25-14)22(29)31-15(2)21(28)27-20-12-8-7-11-19(20)26-23(30)24(27,3)4/h5-13,15H,1-4H3,(H,26,30)/t15-/m1/s1. The first-order chi connectivity index (χ1) is 14.7. The monoisotopic (exact) mass is 417 g/mol. The largest absolute Gasteiger partial charge is 0.449 e. The van der Waals surface area contributed by atoms with Crippen LogP contribution in [0, 0.1) is 6.92 Å². The molecule has 0 saturated heterocycles. The number of hydrogen-bond donors (Lipinski definition) is 1. The number of amides is 2. The van der Waals surface area contributed by atoms with Crippen LogP contribution in [0.25, 0.3) is 10.9 Å². The number of pyridine rings is 1. The number of carbonyl (C=O) groups excluding carboxylic acids is 3. The average Bonchev–Trinajstić information content (AvgIpc) is 2.73. The van der Waals surface area contributed by atoms with Crippen LogP contribution >= 0.6 is 0 Å². The molecule has 0 bridgehead atoms. The summed E-state index contributed by atoms with van der Waals surface area (Å²) in [6.45, 7) is 6.63. The van der Waals surface area contributed by atoms with Gasteiger partial charge in [-0.15, -0.1) is 0 Å². The van der Waals surface area contributed by atoms with Crippen LogP contribution in [0.15, 0.2) is 54.6 Å². The van der Waals surface area contributed by atoms with Crippen molar-refractivity contribution >= 4 is 40.1 Å². The molecule has 3 aromatic rings. The number of para-hydroxylation sites is 3. The lowest BCUT2D eigenvalue weighted by atomic mass is 9.95. The molecule has 0 unspecified atom stereocenters.